The third-order valence-electron chi connectivity index (χ3n) is 8.30. The van der Waals surface area contributed by atoms with E-state index in [0.717, 1.165) is 70.9 Å². The number of benzene rings is 2. The van der Waals surface area contributed by atoms with E-state index in [4.69, 9.17) is 26.3 Å². The molecule has 1 unspecified atom stereocenters. The van der Waals surface area contributed by atoms with Crippen molar-refractivity contribution in [2.24, 2.45) is 0 Å². The quantitative estimate of drug-likeness (QED) is 0.437. The summed E-state index contributed by atoms with van der Waals surface area (Å²) in [6.07, 6.45) is 2.96. The van der Waals surface area contributed by atoms with Crippen molar-refractivity contribution in [3.8, 4) is 6.01 Å². The summed E-state index contributed by atoms with van der Waals surface area (Å²) in [6.45, 7) is 3.28. The number of halogens is 1. The average Bonchev–Trinajstić information content (AvgIpc) is 3.30. The normalized spacial score (nSPS) is 20.3. The number of anilines is 2. The summed E-state index contributed by atoms with van der Waals surface area (Å²) in [5.41, 5.74) is 3.01. The molecule has 3 aromatic rings. The second-order valence-electron chi connectivity index (χ2n) is 10.7. The second-order valence-corrected chi connectivity index (χ2v) is 13.6. The summed E-state index contributed by atoms with van der Waals surface area (Å²) in [7, 11) is -1.22. The lowest BCUT2D eigenvalue weighted by molar-refractivity contribution is 0.187. The molecule has 2 saturated heterocycles. The Bertz CT molecular complexity index is 1480. The van der Waals surface area contributed by atoms with E-state index in [1.165, 1.54) is 0 Å². The molecule has 11 heteroatoms. The lowest BCUT2D eigenvalue weighted by Crippen LogP contribution is -2.56. The first-order valence-corrected chi connectivity index (χ1v) is 15.7. The van der Waals surface area contributed by atoms with E-state index < -0.39 is 15.1 Å². The summed E-state index contributed by atoms with van der Waals surface area (Å²) < 4.78 is 31.2. The molecule has 1 N–H and O–H groups in total. The Morgan fingerprint density at radius 3 is 2.64 bits per heavy atom. The highest BCUT2D eigenvalue weighted by atomic mass is 35.5. The number of nitrogens with zero attached hydrogens (tertiary/aromatic N) is 5. The molecule has 0 radical (unpaired) electrons. The van der Waals surface area contributed by atoms with E-state index in [9.17, 15) is 13.5 Å². The Balaban J connectivity index is 1.31. The third-order valence-corrected chi connectivity index (χ3v) is 10.7. The fourth-order valence-electron chi connectivity index (χ4n) is 5.95. The van der Waals surface area contributed by atoms with E-state index in [-0.39, 0.29) is 12.4 Å². The predicted octanol–water partition coefficient (Wildman–Crippen LogP) is 2.91. The van der Waals surface area contributed by atoms with Gasteiger partial charge in [-0.2, -0.15) is 9.97 Å². The average molecular weight is 572 g/mol. The van der Waals surface area contributed by atoms with Crippen LogP contribution in [0.25, 0.3) is 10.8 Å². The highest BCUT2D eigenvalue weighted by Gasteiger charge is 2.39. The maximum absolute atomic E-state index is 12.5. The number of fused-ring (bicyclic) bond motifs is 2. The summed E-state index contributed by atoms with van der Waals surface area (Å²) in [4.78, 5) is 16.3. The van der Waals surface area contributed by atoms with Crippen LogP contribution in [0.1, 0.15) is 24.1 Å². The minimum absolute atomic E-state index is 0.209. The van der Waals surface area contributed by atoms with Crippen molar-refractivity contribution in [3.05, 3.63) is 52.7 Å². The van der Waals surface area contributed by atoms with Gasteiger partial charge in [-0.25, -0.2) is 8.42 Å². The molecule has 2 fully saturated rings. The van der Waals surface area contributed by atoms with E-state index in [0.29, 0.717) is 38.3 Å². The zero-order valence-electron chi connectivity index (χ0n) is 22.1. The zero-order valence-corrected chi connectivity index (χ0v) is 23.7. The fraction of sp³-hybridized carbons (Fsp3) is 0.500. The summed E-state index contributed by atoms with van der Waals surface area (Å²) in [6, 6.07) is 12.8. The van der Waals surface area contributed by atoms with Gasteiger partial charge in [0.1, 0.15) is 12.4 Å². The number of sulfone groups is 1. The van der Waals surface area contributed by atoms with E-state index in [1.807, 2.05) is 17.0 Å². The van der Waals surface area contributed by atoms with Crippen LogP contribution in [-0.4, -0.2) is 91.9 Å². The standard InChI is InChI=1S/C28H34ClN5O4S/c1-32-11-4-7-20(32)18-38-28-30-24-17-33(25-9-3-6-19-5-2-8-23(29)26(19)25)12-10-22(24)27(31-28)34-15-21(16-34)39(36,37)14-13-35/h2-3,5-6,8-9,20-21,35H,4,7,10-18H2,1H3. The monoisotopic (exact) mass is 571 g/mol. The number of hydrogen-bond acceptors (Lipinski definition) is 9. The Kier molecular flexibility index (Phi) is 7.30. The Morgan fingerprint density at radius 1 is 1.10 bits per heavy atom. The highest BCUT2D eigenvalue weighted by Crippen LogP contribution is 2.38. The van der Waals surface area contributed by atoms with Gasteiger partial charge < -0.3 is 24.5 Å². The van der Waals surface area contributed by atoms with Crippen LogP contribution in [0.3, 0.4) is 0 Å². The van der Waals surface area contributed by atoms with Crippen LogP contribution < -0.4 is 14.5 Å². The van der Waals surface area contributed by atoms with Crippen LogP contribution in [-0.2, 0) is 22.8 Å². The van der Waals surface area contributed by atoms with Crippen LogP contribution in [0.2, 0.25) is 5.02 Å². The molecule has 3 aliphatic heterocycles. The number of hydrogen-bond donors (Lipinski definition) is 1. The summed E-state index contributed by atoms with van der Waals surface area (Å²) in [5.74, 6) is 0.556. The van der Waals surface area contributed by atoms with Crippen LogP contribution in [0.5, 0.6) is 6.01 Å². The third kappa shape index (κ3) is 5.15. The Hall–Kier alpha value is -2.66. The van der Waals surface area contributed by atoms with Gasteiger partial charge in [-0.3, -0.25) is 0 Å². The van der Waals surface area contributed by atoms with E-state index in [2.05, 4.69) is 41.1 Å². The molecule has 0 aliphatic carbocycles. The number of aliphatic hydroxyl groups is 1. The van der Waals surface area contributed by atoms with Crippen LogP contribution >= 0.6 is 11.6 Å². The number of ether oxygens (including phenoxy) is 1. The van der Waals surface area contributed by atoms with Gasteiger partial charge >= 0.3 is 6.01 Å². The van der Waals surface area contributed by atoms with Crippen LogP contribution in [0.4, 0.5) is 11.5 Å². The predicted molar refractivity (Wildman–Crippen MR) is 154 cm³/mol. The lowest BCUT2D eigenvalue weighted by atomic mass is 10.0. The number of aliphatic hydroxyl groups excluding tert-OH is 1. The van der Waals surface area contributed by atoms with Crippen LogP contribution in [0.15, 0.2) is 36.4 Å². The minimum Gasteiger partial charge on any atom is -0.462 e. The number of rotatable bonds is 8. The molecule has 0 saturated carbocycles. The fourth-order valence-corrected chi connectivity index (χ4v) is 7.63. The molecule has 1 atom stereocenters. The minimum atomic E-state index is -3.34. The molecule has 1 aromatic heterocycles. The van der Waals surface area contributed by atoms with Crippen molar-refractivity contribution < 1.29 is 18.3 Å². The molecule has 9 nitrogen and oxygen atoms in total. The number of likely N-dealkylation sites (N-methyl/N-ethyl adjacent to an activating group) is 1. The number of aromatic nitrogens is 2. The van der Waals surface area contributed by atoms with Gasteiger partial charge in [-0.15, -0.1) is 0 Å². The first-order valence-electron chi connectivity index (χ1n) is 13.6. The lowest BCUT2D eigenvalue weighted by Gasteiger charge is -2.41. The van der Waals surface area contributed by atoms with E-state index >= 15 is 0 Å². The van der Waals surface area contributed by atoms with Gasteiger partial charge in [-0.1, -0.05) is 35.9 Å². The molecular formula is C28H34ClN5O4S. The Morgan fingerprint density at radius 2 is 1.90 bits per heavy atom. The summed E-state index contributed by atoms with van der Waals surface area (Å²) >= 11 is 6.64. The molecule has 0 bridgehead atoms. The second kappa shape index (κ2) is 10.7. The zero-order chi connectivity index (χ0) is 27.1. The van der Waals surface area contributed by atoms with Crippen molar-refractivity contribution in [1.29, 1.82) is 0 Å². The molecule has 2 aromatic carbocycles. The van der Waals surface area contributed by atoms with Crippen molar-refractivity contribution in [2.45, 2.75) is 37.1 Å². The van der Waals surface area contributed by atoms with Crippen molar-refractivity contribution in [2.75, 3.05) is 62.0 Å². The molecule has 39 heavy (non-hydrogen) atoms. The topological polar surface area (TPSA) is 99.1 Å². The number of likely N-dealkylation sites (tertiary alicyclic amines) is 1. The van der Waals surface area contributed by atoms with Crippen LogP contribution in [0, 0.1) is 0 Å². The van der Waals surface area contributed by atoms with Gasteiger partial charge in [-0.05, 0) is 50.4 Å². The molecule has 0 amide bonds. The van der Waals surface area contributed by atoms with Gasteiger partial charge in [0.25, 0.3) is 0 Å². The smallest absolute Gasteiger partial charge is 0.318 e. The maximum Gasteiger partial charge on any atom is 0.318 e. The molecule has 3 aliphatic rings. The van der Waals surface area contributed by atoms with Gasteiger partial charge in [0.2, 0.25) is 0 Å². The summed E-state index contributed by atoms with van der Waals surface area (Å²) in [5, 5.41) is 11.5. The SMILES string of the molecule is CN1CCCC1COc1nc2c(c(N3CC(S(=O)(=O)CCO)C3)n1)CCN(c1cccc3cccc(Cl)c13)C2. The highest BCUT2D eigenvalue weighted by molar-refractivity contribution is 7.92. The van der Waals surface area contributed by atoms with Gasteiger partial charge in [0.05, 0.1) is 34.9 Å². The van der Waals surface area contributed by atoms with Crippen molar-refractivity contribution in [1.82, 2.24) is 14.9 Å². The molecular weight excluding hydrogens is 538 g/mol. The van der Waals surface area contributed by atoms with Crippen molar-refractivity contribution in [3.63, 3.8) is 0 Å². The molecule has 208 valence electrons. The maximum atomic E-state index is 12.5. The molecule has 6 rings (SSSR count). The molecule has 0 spiro atoms. The molecule has 4 heterocycles. The first-order chi connectivity index (χ1) is 18.8. The first kappa shape index (κ1) is 26.6. The Labute approximate surface area is 234 Å². The van der Waals surface area contributed by atoms with Crippen molar-refractivity contribution >= 4 is 43.7 Å². The largest absolute Gasteiger partial charge is 0.462 e. The van der Waals surface area contributed by atoms with Gasteiger partial charge in [0, 0.05) is 42.3 Å². The van der Waals surface area contributed by atoms with Gasteiger partial charge in [0.15, 0.2) is 9.84 Å². The van der Waals surface area contributed by atoms with E-state index in [1.54, 1.807) is 0 Å².